The van der Waals surface area contributed by atoms with Crippen molar-refractivity contribution < 1.29 is 9.47 Å². The maximum absolute atomic E-state index is 5.42. The molecule has 0 unspecified atom stereocenters. The fraction of sp³-hybridized carbons (Fsp3) is 0.0588. The predicted octanol–water partition coefficient (Wildman–Crippen LogP) is 8.76. The van der Waals surface area contributed by atoms with E-state index in [2.05, 4.69) is 120 Å². The van der Waals surface area contributed by atoms with Gasteiger partial charge in [0.2, 0.25) is 0 Å². The van der Waals surface area contributed by atoms with Gasteiger partial charge in [0.05, 0.1) is 19.9 Å². The highest BCUT2D eigenvalue weighted by Gasteiger charge is 2.16. The zero-order chi connectivity index (χ0) is 25.5. The van der Waals surface area contributed by atoms with Crippen LogP contribution in [0.1, 0.15) is 16.7 Å². The van der Waals surface area contributed by atoms with Crippen molar-refractivity contribution in [2.45, 2.75) is 0 Å². The topological polar surface area (TPSA) is 21.7 Å². The van der Waals surface area contributed by atoms with Crippen LogP contribution < -0.4 is 14.4 Å². The van der Waals surface area contributed by atoms with Crippen LogP contribution in [0.5, 0.6) is 11.5 Å². The minimum Gasteiger partial charge on any atom is -0.497 e. The Hall–Kier alpha value is -4.76. The van der Waals surface area contributed by atoms with Crippen molar-refractivity contribution in [3.8, 4) is 11.5 Å². The lowest BCUT2D eigenvalue weighted by Crippen LogP contribution is -2.11. The van der Waals surface area contributed by atoms with Crippen LogP contribution in [0.4, 0.5) is 17.1 Å². The van der Waals surface area contributed by atoms with Gasteiger partial charge in [-0.25, -0.2) is 0 Å². The van der Waals surface area contributed by atoms with Crippen LogP contribution in [-0.2, 0) is 0 Å². The molecule has 0 saturated heterocycles. The van der Waals surface area contributed by atoms with Crippen LogP contribution in [0.2, 0.25) is 0 Å². The molecule has 0 aliphatic rings. The summed E-state index contributed by atoms with van der Waals surface area (Å²) in [5.74, 6) is 1.64. The molecule has 5 aromatic carbocycles. The Kier molecular flexibility index (Phi) is 7.33. The lowest BCUT2D eigenvalue weighted by molar-refractivity contribution is 0.415. The largest absolute Gasteiger partial charge is 0.497 e. The Balaban J connectivity index is 1.69. The van der Waals surface area contributed by atoms with Crippen LogP contribution in [0.25, 0.3) is 11.6 Å². The molecule has 0 atom stereocenters. The number of benzene rings is 5. The third-order valence-electron chi connectivity index (χ3n) is 6.31. The highest BCUT2D eigenvalue weighted by molar-refractivity contribution is 5.95. The smallest absolute Gasteiger partial charge is 0.119 e. The standard InChI is InChI=1S/C34H29NO2/c1-36-31-21-17-29(18-22-31)35(30-19-23-32(37-2)24-20-30)34-16-10-9-15-28(34)25-33(26-11-5-3-6-12-26)27-13-7-4-8-14-27/h3-25H,1-2H3. The van der Waals surface area contributed by atoms with Gasteiger partial charge in [-0.15, -0.1) is 0 Å². The Morgan fingerprint density at radius 3 is 1.41 bits per heavy atom. The summed E-state index contributed by atoms with van der Waals surface area (Å²) in [4.78, 5) is 2.26. The van der Waals surface area contributed by atoms with Crippen LogP contribution in [-0.4, -0.2) is 14.2 Å². The van der Waals surface area contributed by atoms with E-state index in [0.717, 1.165) is 39.7 Å². The van der Waals surface area contributed by atoms with Crippen molar-refractivity contribution in [2.75, 3.05) is 19.1 Å². The van der Waals surface area contributed by atoms with Crippen molar-refractivity contribution in [1.82, 2.24) is 0 Å². The number of hydrogen-bond acceptors (Lipinski definition) is 3. The summed E-state index contributed by atoms with van der Waals surface area (Å²) in [5, 5.41) is 0. The highest BCUT2D eigenvalue weighted by Crippen LogP contribution is 2.39. The van der Waals surface area contributed by atoms with Crippen LogP contribution >= 0.6 is 0 Å². The van der Waals surface area contributed by atoms with E-state index in [1.807, 2.05) is 24.3 Å². The van der Waals surface area contributed by atoms with Crippen LogP contribution in [0.15, 0.2) is 133 Å². The number of hydrogen-bond donors (Lipinski definition) is 0. The van der Waals surface area contributed by atoms with E-state index in [9.17, 15) is 0 Å². The van der Waals surface area contributed by atoms with E-state index >= 15 is 0 Å². The molecule has 182 valence electrons. The Labute approximate surface area is 218 Å². The summed E-state index contributed by atoms with van der Waals surface area (Å²) in [6.07, 6.45) is 2.28. The molecule has 5 aromatic rings. The molecule has 0 N–H and O–H groups in total. The Morgan fingerprint density at radius 2 is 0.946 bits per heavy atom. The van der Waals surface area contributed by atoms with Gasteiger partial charge < -0.3 is 14.4 Å². The summed E-state index contributed by atoms with van der Waals surface area (Å²) in [5.41, 5.74) is 7.76. The second kappa shape index (κ2) is 11.3. The van der Waals surface area contributed by atoms with Crippen molar-refractivity contribution in [2.24, 2.45) is 0 Å². The van der Waals surface area contributed by atoms with Crippen molar-refractivity contribution >= 4 is 28.7 Å². The van der Waals surface area contributed by atoms with Gasteiger partial charge in [0.25, 0.3) is 0 Å². The van der Waals surface area contributed by atoms with E-state index < -0.39 is 0 Å². The van der Waals surface area contributed by atoms with Gasteiger partial charge in [-0.05, 0) is 82.9 Å². The second-order valence-electron chi connectivity index (χ2n) is 8.58. The summed E-state index contributed by atoms with van der Waals surface area (Å²) in [6.45, 7) is 0. The fourth-order valence-corrected chi connectivity index (χ4v) is 4.43. The van der Waals surface area contributed by atoms with Gasteiger partial charge in [0, 0.05) is 11.4 Å². The molecule has 0 aliphatic carbocycles. The molecule has 5 rings (SSSR count). The molecule has 0 aromatic heterocycles. The molecule has 0 fully saturated rings. The lowest BCUT2D eigenvalue weighted by atomic mass is 9.95. The third kappa shape index (κ3) is 5.41. The zero-order valence-electron chi connectivity index (χ0n) is 21.0. The van der Waals surface area contributed by atoms with Gasteiger partial charge in [-0.1, -0.05) is 78.9 Å². The van der Waals surface area contributed by atoms with E-state index in [1.54, 1.807) is 14.2 Å². The number of para-hydroxylation sites is 1. The van der Waals surface area contributed by atoms with Crippen LogP contribution in [0.3, 0.4) is 0 Å². The zero-order valence-corrected chi connectivity index (χ0v) is 21.0. The molecule has 0 radical (unpaired) electrons. The van der Waals surface area contributed by atoms with Gasteiger partial charge in [-0.2, -0.15) is 0 Å². The number of anilines is 3. The molecule has 0 aliphatic heterocycles. The predicted molar refractivity (Wildman–Crippen MR) is 154 cm³/mol. The maximum Gasteiger partial charge on any atom is 0.119 e. The first-order valence-corrected chi connectivity index (χ1v) is 12.3. The van der Waals surface area contributed by atoms with Crippen LogP contribution in [0, 0.1) is 0 Å². The molecule has 3 nitrogen and oxygen atoms in total. The first-order valence-electron chi connectivity index (χ1n) is 12.3. The first-order chi connectivity index (χ1) is 18.3. The average molecular weight is 484 g/mol. The van der Waals surface area contributed by atoms with Crippen molar-refractivity contribution in [3.63, 3.8) is 0 Å². The minimum atomic E-state index is 0.821. The summed E-state index contributed by atoms with van der Waals surface area (Å²) >= 11 is 0. The van der Waals surface area contributed by atoms with E-state index in [4.69, 9.17) is 9.47 Å². The Morgan fingerprint density at radius 1 is 0.514 bits per heavy atom. The number of ether oxygens (including phenoxy) is 2. The van der Waals surface area contributed by atoms with Gasteiger partial charge in [0.1, 0.15) is 11.5 Å². The maximum atomic E-state index is 5.42. The summed E-state index contributed by atoms with van der Waals surface area (Å²) in [6, 6.07) is 45.9. The van der Waals surface area contributed by atoms with Crippen molar-refractivity contribution in [3.05, 3.63) is 150 Å². The van der Waals surface area contributed by atoms with Gasteiger partial charge in [0.15, 0.2) is 0 Å². The molecule has 0 saturated carbocycles. The molecule has 0 bridgehead atoms. The SMILES string of the molecule is COc1ccc(N(c2ccc(OC)cc2)c2ccccc2C=C(c2ccccc2)c2ccccc2)cc1. The molecule has 37 heavy (non-hydrogen) atoms. The molecule has 0 heterocycles. The monoisotopic (exact) mass is 483 g/mol. The van der Waals surface area contributed by atoms with Gasteiger partial charge >= 0.3 is 0 Å². The van der Waals surface area contributed by atoms with E-state index in [0.29, 0.717) is 0 Å². The fourth-order valence-electron chi connectivity index (χ4n) is 4.43. The quantitative estimate of drug-likeness (QED) is 0.206. The molecular formula is C34H29NO2. The number of nitrogens with zero attached hydrogens (tertiary/aromatic N) is 1. The van der Waals surface area contributed by atoms with E-state index in [-0.39, 0.29) is 0 Å². The first kappa shape index (κ1) is 24.0. The summed E-state index contributed by atoms with van der Waals surface area (Å²) in [7, 11) is 3.37. The normalized spacial score (nSPS) is 10.4. The van der Waals surface area contributed by atoms with Gasteiger partial charge in [-0.3, -0.25) is 0 Å². The molecule has 0 spiro atoms. The van der Waals surface area contributed by atoms with E-state index in [1.165, 1.54) is 11.1 Å². The lowest BCUT2D eigenvalue weighted by Gasteiger charge is -2.27. The Bertz CT molecular complexity index is 1370. The average Bonchev–Trinajstić information content (AvgIpc) is 2.98. The molecule has 3 heteroatoms. The number of methoxy groups -OCH3 is 2. The highest BCUT2D eigenvalue weighted by atomic mass is 16.5. The van der Waals surface area contributed by atoms with Crippen molar-refractivity contribution in [1.29, 1.82) is 0 Å². The minimum absolute atomic E-state index is 0.821. The molecular weight excluding hydrogens is 454 g/mol. The molecule has 0 amide bonds. The summed E-state index contributed by atoms with van der Waals surface area (Å²) < 4.78 is 10.8. The third-order valence-corrected chi connectivity index (χ3v) is 6.31. The second-order valence-corrected chi connectivity index (χ2v) is 8.58. The number of rotatable bonds is 8.